The van der Waals surface area contributed by atoms with Gasteiger partial charge in [0.25, 0.3) is 5.91 Å². The van der Waals surface area contributed by atoms with Gasteiger partial charge in [-0.25, -0.2) is 0 Å². The lowest BCUT2D eigenvalue weighted by atomic mass is 10.0. The molecule has 130 valence electrons. The maximum Gasteiger partial charge on any atom is 0.256 e. The fourth-order valence-corrected chi connectivity index (χ4v) is 2.06. The Morgan fingerprint density at radius 2 is 2.00 bits per heavy atom. The summed E-state index contributed by atoms with van der Waals surface area (Å²) in [5, 5.41) is 2.96. The first-order valence-electron chi connectivity index (χ1n) is 8.51. The van der Waals surface area contributed by atoms with Crippen molar-refractivity contribution in [1.29, 1.82) is 0 Å². The number of benzene rings is 1. The summed E-state index contributed by atoms with van der Waals surface area (Å²) in [6.45, 7) is 13.3. The van der Waals surface area contributed by atoms with Gasteiger partial charge in [0.2, 0.25) is 0 Å². The summed E-state index contributed by atoms with van der Waals surface area (Å²) >= 11 is 0. The Morgan fingerprint density at radius 3 is 2.52 bits per heavy atom. The van der Waals surface area contributed by atoms with Crippen LogP contribution in [0.15, 0.2) is 18.2 Å². The van der Waals surface area contributed by atoms with Crippen LogP contribution in [-0.2, 0) is 9.53 Å². The third-order valence-electron chi connectivity index (χ3n) is 3.78. The largest absolute Gasteiger partial charge is 0.493 e. The van der Waals surface area contributed by atoms with Gasteiger partial charge in [0.1, 0.15) is 11.4 Å². The number of hydrogen-bond acceptors (Lipinski definition) is 3. The third kappa shape index (κ3) is 5.87. The SMILES string of the molecule is CCCOC(C)(CC)C(=O)Nc1ccc(OCC(C)C)c(C)c1. The Morgan fingerprint density at radius 1 is 1.30 bits per heavy atom. The standard InChI is InChI=1S/C19H31NO3/c1-7-11-23-19(6,8-2)18(21)20-16-9-10-17(15(5)12-16)22-13-14(3)4/h9-10,12,14H,7-8,11,13H2,1-6H3,(H,20,21). The highest BCUT2D eigenvalue weighted by Gasteiger charge is 2.32. The smallest absolute Gasteiger partial charge is 0.256 e. The molecule has 1 aromatic rings. The molecule has 0 saturated carbocycles. The number of nitrogens with one attached hydrogen (secondary N) is 1. The molecule has 0 aliphatic rings. The van der Waals surface area contributed by atoms with Gasteiger partial charge in [-0.2, -0.15) is 0 Å². The summed E-state index contributed by atoms with van der Waals surface area (Å²) in [5.74, 6) is 1.23. The van der Waals surface area contributed by atoms with E-state index in [9.17, 15) is 4.79 Å². The van der Waals surface area contributed by atoms with E-state index in [-0.39, 0.29) is 5.91 Å². The molecule has 0 aliphatic carbocycles. The second kappa shape index (κ2) is 8.92. The molecule has 1 amide bonds. The first kappa shape index (κ1) is 19.5. The molecule has 1 N–H and O–H groups in total. The zero-order chi connectivity index (χ0) is 17.5. The molecule has 0 saturated heterocycles. The van der Waals surface area contributed by atoms with E-state index in [0.29, 0.717) is 25.6 Å². The molecule has 23 heavy (non-hydrogen) atoms. The van der Waals surface area contributed by atoms with Crippen molar-refractivity contribution in [3.63, 3.8) is 0 Å². The van der Waals surface area contributed by atoms with E-state index in [4.69, 9.17) is 9.47 Å². The summed E-state index contributed by atoms with van der Waals surface area (Å²) in [7, 11) is 0. The molecular weight excluding hydrogens is 290 g/mol. The van der Waals surface area contributed by atoms with Crippen molar-refractivity contribution in [2.75, 3.05) is 18.5 Å². The van der Waals surface area contributed by atoms with Gasteiger partial charge in [-0.05, 0) is 56.4 Å². The van der Waals surface area contributed by atoms with Crippen LogP contribution in [-0.4, -0.2) is 24.7 Å². The van der Waals surface area contributed by atoms with E-state index in [0.717, 1.165) is 23.4 Å². The second-order valence-electron chi connectivity index (χ2n) is 6.57. The maximum atomic E-state index is 12.5. The fourth-order valence-electron chi connectivity index (χ4n) is 2.06. The lowest BCUT2D eigenvalue weighted by Gasteiger charge is -2.27. The Kier molecular flexibility index (Phi) is 7.56. The Bertz CT molecular complexity index is 513. The van der Waals surface area contributed by atoms with Gasteiger partial charge in [0, 0.05) is 12.3 Å². The number of anilines is 1. The summed E-state index contributed by atoms with van der Waals surface area (Å²) in [6.07, 6.45) is 1.53. The minimum atomic E-state index is -0.795. The average molecular weight is 321 g/mol. The first-order chi connectivity index (χ1) is 10.8. The van der Waals surface area contributed by atoms with Crippen molar-refractivity contribution in [3.8, 4) is 5.75 Å². The predicted octanol–water partition coefficient (Wildman–Crippen LogP) is 4.56. The number of ether oxygens (including phenoxy) is 2. The highest BCUT2D eigenvalue weighted by molar-refractivity contribution is 5.97. The number of rotatable bonds is 9. The molecule has 4 nitrogen and oxygen atoms in total. The molecule has 1 rings (SSSR count). The molecule has 0 heterocycles. The van der Waals surface area contributed by atoms with Gasteiger partial charge in [0.05, 0.1) is 6.61 Å². The number of aryl methyl sites for hydroxylation is 1. The van der Waals surface area contributed by atoms with Crippen LogP contribution in [0.3, 0.4) is 0 Å². The van der Waals surface area contributed by atoms with Gasteiger partial charge < -0.3 is 14.8 Å². The lowest BCUT2D eigenvalue weighted by molar-refractivity contribution is -0.139. The molecular formula is C19H31NO3. The molecule has 0 radical (unpaired) electrons. The van der Waals surface area contributed by atoms with Crippen molar-refractivity contribution >= 4 is 11.6 Å². The minimum Gasteiger partial charge on any atom is -0.493 e. The highest BCUT2D eigenvalue weighted by atomic mass is 16.5. The van der Waals surface area contributed by atoms with E-state index < -0.39 is 5.60 Å². The molecule has 4 heteroatoms. The van der Waals surface area contributed by atoms with E-state index in [1.54, 1.807) is 0 Å². The van der Waals surface area contributed by atoms with Crippen molar-refractivity contribution in [2.24, 2.45) is 5.92 Å². The van der Waals surface area contributed by atoms with E-state index >= 15 is 0 Å². The van der Waals surface area contributed by atoms with Gasteiger partial charge in [0.15, 0.2) is 0 Å². The topological polar surface area (TPSA) is 47.6 Å². The van der Waals surface area contributed by atoms with Crippen LogP contribution in [0.25, 0.3) is 0 Å². The monoisotopic (exact) mass is 321 g/mol. The van der Waals surface area contributed by atoms with E-state index in [1.807, 2.05) is 45.9 Å². The number of amides is 1. The summed E-state index contributed by atoms with van der Waals surface area (Å²) in [4.78, 5) is 12.5. The number of hydrogen-bond donors (Lipinski definition) is 1. The normalized spacial score (nSPS) is 13.7. The van der Waals surface area contributed by atoms with Gasteiger partial charge >= 0.3 is 0 Å². The lowest BCUT2D eigenvalue weighted by Crippen LogP contribution is -2.42. The van der Waals surface area contributed by atoms with Gasteiger partial charge in [-0.15, -0.1) is 0 Å². The number of carbonyl (C=O) groups is 1. The van der Waals surface area contributed by atoms with Crippen LogP contribution < -0.4 is 10.1 Å². The average Bonchev–Trinajstić information content (AvgIpc) is 2.51. The third-order valence-corrected chi connectivity index (χ3v) is 3.78. The highest BCUT2D eigenvalue weighted by Crippen LogP contribution is 2.24. The quantitative estimate of drug-likeness (QED) is 0.725. The van der Waals surface area contributed by atoms with Gasteiger partial charge in [-0.1, -0.05) is 27.7 Å². The Labute approximate surface area is 140 Å². The van der Waals surface area contributed by atoms with Crippen LogP contribution in [0, 0.1) is 12.8 Å². The molecule has 1 unspecified atom stereocenters. The summed E-state index contributed by atoms with van der Waals surface area (Å²) < 4.78 is 11.5. The van der Waals surface area contributed by atoms with Gasteiger partial charge in [-0.3, -0.25) is 4.79 Å². The van der Waals surface area contributed by atoms with E-state index in [2.05, 4.69) is 19.2 Å². The summed E-state index contributed by atoms with van der Waals surface area (Å²) in [6, 6.07) is 5.71. The molecule has 0 aliphatic heterocycles. The molecule has 0 bridgehead atoms. The fraction of sp³-hybridized carbons (Fsp3) is 0.632. The zero-order valence-corrected chi connectivity index (χ0v) is 15.4. The molecule has 0 fully saturated rings. The zero-order valence-electron chi connectivity index (χ0n) is 15.4. The van der Waals surface area contributed by atoms with Crippen molar-refractivity contribution < 1.29 is 14.3 Å². The first-order valence-corrected chi connectivity index (χ1v) is 8.51. The summed E-state index contributed by atoms with van der Waals surface area (Å²) in [5.41, 5.74) is 0.983. The molecule has 1 aromatic carbocycles. The van der Waals surface area contributed by atoms with Crippen LogP contribution in [0.5, 0.6) is 5.75 Å². The van der Waals surface area contributed by atoms with Crippen LogP contribution in [0.1, 0.15) is 53.0 Å². The van der Waals surface area contributed by atoms with Crippen molar-refractivity contribution in [3.05, 3.63) is 23.8 Å². The van der Waals surface area contributed by atoms with Crippen molar-refractivity contribution in [2.45, 2.75) is 60.0 Å². The molecule has 0 spiro atoms. The maximum absolute atomic E-state index is 12.5. The Balaban J connectivity index is 2.76. The molecule has 1 atom stereocenters. The van der Waals surface area contributed by atoms with Crippen LogP contribution in [0.2, 0.25) is 0 Å². The molecule has 0 aromatic heterocycles. The predicted molar refractivity (Wildman–Crippen MR) is 95.1 cm³/mol. The van der Waals surface area contributed by atoms with Crippen molar-refractivity contribution in [1.82, 2.24) is 0 Å². The Hall–Kier alpha value is -1.55. The van der Waals surface area contributed by atoms with E-state index in [1.165, 1.54) is 0 Å². The van der Waals surface area contributed by atoms with Crippen LogP contribution >= 0.6 is 0 Å². The van der Waals surface area contributed by atoms with Crippen LogP contribution in [0.4, 0.5) is 5.69 Å². The minimum absolute atomic E-state index is 0.108. The second-order valence-corrected chi connectivity index (χ2v) is 6.57. The number of carbonyl (C=O) groups excluding carboxylic acids is 1.